The van der Waals surface area contributed by atoms with Crippen molar-refractivity contribution in [3.63, 3.8) is 0 Å². The zero-order chi connectivity index (χ0) is 30.6. The molecule has 5 nitrogen and oxygen atoms in total. The third-order valence-corrected chi connectivity index (χ3v) is 8.15. The van der Waals surface area contributed by atoms with E-state index in [0.29, 0.717) is 47.4 Å². The van der Waals surface area contributed by atoms with Gasteiger partial charge in [-0.1, -0.05) is 59.6 Å². The lowest BCUT2D eigenvalue weighted by atomic mass is 9.83. The minimum atomic E-state index is -4.21. The maximum atomic E-state index is 12.9. The fourth-order valence-corrected chi connectivity index (χ4v) is 5.90. The highest BCUT2D eigenvalue weighted by atomic mass is 35.5. The quantitative estimate of drug-likeness (QED) is 0.183. The minimum absolute atomic E-state index is 0.0248. The van der Waals surface area contributed by atoms with E-state index in [1.54, 1.807) is 13.2 Å². The number of hydrogen-bond acceptors (Lipinski definition) is 5. The number of nitrogens with one attached hydrogen (secondary N) is 1. The Balaban J connectivity index is 1.61. The molecule has 0 saturated carbocycles. The second-order valence-corrected chi connectivity index (χ2v) is 11.5. The SMILES string of the molecule is COc1cc(NC2CCN(CC(F)(F)F)CC2)c2cc(C(c3ccc(Cl)cc3)c3ccc(Cl)cc3)cc(/C=C/CO)c2n1. The van der Waals surface area contributed by atoms with E-state index in [-0.39, 0.29) is 18.6 Å². The molecule has 0 radical (unpaired) electrons. The number of benzene rings is 3. The number of ether oxygens (including phenoxy) is 1. The Bertz CT molecular complexity index is 1520. The average molecular weight is 631 g/mol. The van der Waals surface area contributed by atoms with Crippen molar-refractivity contribution >= 4 is 45.9 Å². The van der Waals surface area contributed by atoms with Crippen LogP contribution in [-0.4, -0.2) is 60.6 Å². The lowest BCUT2D eigenvalue weighted by molar-refractivity contribution is -0.147. The van der Waals surface area contributed by atoms with Gasteiger partial charge in [0.1, 0.15) is 0 Å². The van der Waals surface area contributed by atoms with Gasteiger partial charge < -0.3 is 15.2 Å². The number of methoxy groups -OCH3 is 1. The Kier molecular flexibility index (Phi) is 9.82. The van der Waals surface area contributed by atoms with E-state index in [0.717, 1.165) is 33.3 Å². The predicted octanol–water partition coefficient (Wildman–Crippen LogP) is 8.17. The van der Waals surface area contributed by atoms with E-state index in [4.69, 9.17) is 32.9 Å². The molecule has 1 aromatic heterocycles. The molecule has 43 heavy (non-hydrogen) atoms. The molecule has 2 heterocycles. The number of aliphatic hydroxyl groups excluding tert-OH is 1. The first-order valence-electron chi connectivity index (χ1n) is 14.0. The Morgan fingerprint density at radius 2 is 1.58 bits per heavy atom. The summed E-state index contributed by atoms with van der Waals surface area (Å²) in [6, 6.07) is 21.4. The van der Waals surface area contributed by atoms with Gasteiger partial charge in [0.15, 0.2) is 0 Å². The zero-order valence-corrected chi connectivity index (χ0v) is 25.1. The number of alkyl halides is 3. The molecule has 10 heteroatoms. The summed E-state index contributed by atoms with van der Waals surface area (Å²) >= 11 is 12.5. The van der Waals surface area contributed by atoms with Crippen molar-refractivity contribution in [2.75, 3.05) is 38.7 Å². The number of halogens is 5. The minimum Gasteiger partial charge on any atom is -0.481 e. The van der Waals surface area contributed by atoms with Crippen LogP contribution in [0.4, 0.5) is 18.9 Å². The Hall–Kier alpha value is -3.30. The molecule has 1 saturated heterocycles. The molecule has 0 spiro atoms. The fraction of sp³-hybridized carbons (Fsp3) is 0.303. The van der Waals surface area contributed by atoms with Crippen LogP contribution in [0.3, 0.4) is 0 Å². The van der Waals surface area contributed by atoms with E-state index in [1.165, 1.54) is 4.90 Å². The molecule has 0 amide bonds. The van der Waals surface area contributed by atoms with Crippen LogP contribution < -0.4 is 10.1 Å². The van der Waals surface area contributed by atoms with Gasteiger partial charge in [-0.25, -0.2) is 4.98 Å². The second kappa shape index (κ2) is 13.6. The number of hydrogen-bond donors (Lipinski definition) is 2. The molecule has 1 fully saturated rings. The van der Waals surface area contributed by atoms with Crippen LogP contribution in [0, 0.1) is 0 Å². The van der Waals surface area contributed by atoms with E-state index in [1.807, 2.05) is 66.7 Å². The number of nitrogens with zero attached hydrogens (tertiary/aromatic N) is 2. The van der Waals surface area contributed by atoms with Crippen LogP contribution in [0.1, 0.15) is 41.0 Å². The summed E-state index contributed by atoms with van der Waals surface area (Å²) in [4.78, 5) is 6.21. The molecule has 4 aromatic rings. The summed E-state index contributed by atoms with van der Waals surface area (Å²) in [5.74, 6) is 0.226. The molecule has 226 valence electrons. The van der Waals surface area contributed by atoms with E-state index in [9.17, 15) is 18.3 Å². The Morgan fingerprint density at radius 1 is 0.977 bits per heavy atom. The molecule has 0 atom stereocenters. The highest BCUT2D eigenvalue weighted by Gasteiger charge is 2.32. The van der Waals surface area contributed by atoms with Gasteiger partial charge in [-0.15, -0.1) is 0 Å². The number of piperidine rings is 1. The van der Waals surface area contributed by atoms with Gasteiger partial charge >= 0.3 is 6.18 Å². The second-order valence-electron chi connectivity index (χ2n) is 10.6. The third-order valence-electron chi connectivity index (χ3n) is 7.64. The molecule has 5 rings (SSSR count). The van der Waals surface area contributed by atoms with Crippen LogP contribution in [-0.2, 0) is 0 Å². The zero-order valence-electron chi connectivity index (χ0n) is 23.5. The van der Waals surface area contributed by atoms with E-state index >= 15 is 0 Å². The van der Waals surface area contributed by atoms with Gasteiger partial charge in [0, 0.05) is 57.8 Å². The first-order valence-corrected chi connectivity index (χ1v) is 14.8. The van der Waals surface area contributed by atoms with Gasteiger partial charge in [0.2, 0.25) is 5.88 Å². The van der Waals surface area contributed by atoms with Gasteiger partial charge in [-0.2, -0.15) is 13.2 Å². The first kappa shape index (κ1) is 31.1. The smallest absolute Gasteiger partial charge is 0.401 e. The Morgan fingerprint density at radius 3 is 2.12 bits per heavy atom. The molecule has 2 N–H and O–H groups in total. The standard InChI is InChI=1S/C33H32Cl2F3N3O2/c1-43-30-19-29(39-27-12-14-41(15-13-27)20-33(36,37)38)28-18-24(17-23(3-2-16-42)32(28)40-30)31(21-4-8-25(34)9-5-21)22-6-10-26(35)11-7-22/h2-11,17-19,27,31,42H,12-16,20H2,1H3,(H,39,40)/b3-2+. The summed E-state index contributed by atoms with van der Waals surface area (Å²) < 4.78 is 44.4. The van der Waals surface area contributed by atoms with E-state index < -0.39 is 12.7 Å². The number of likely N-dealkylation sites (tertiary alicyclic amines) is 1. The predicted molar refractivity (Wildman–Crippen MR) is 167 cm³/mol. The van der Waals surface area contributed by atoms with Crippen LogP contribution >= 0.6 is 23.2 Å². The number of rotatable bonds is 9. The van der Waals surface area contributed by atoms with Crippen LogP contribution in [0.2, 0.25) is 10.0 Å². The number of fused-ring (bicyclic) bond motifs is 1. The number of anilines is 1. The van der Waals surface area contributed by atoms with Gasteiger partial charge in [-0.05, 0) is 65.9 Å². The summed E-state index contributed by atoms with van der Waals surface area (Å²) in [6.07, 6.45) is 0.407. The molecular weight excluding hydrogens is 598 g/mol. The van der Waals surface area contributed by atoms with Gasteiger partial charge in [-0.3, -0.25) is 4.90 Å². The van der Waals surface area contributed by atoms with Crippen molar-refractivity contribution in [2.45, 2.75) is 31.0 Å². The van der Waals surface area contributed by atoms with Crippen LogP contribution in [0.15, 0.2) is 72.8 Å². The van der Waals surface area contributed by atoms with Crippen LogP contribution in [0.25, 0.3) is 17.0 Å². The largest absolute Gasteiger partial charge is 0.481 e. The lowest BCUT2D eigenvalue weighted by Crippen LogP contribution is -2.43. The molecule has 1 aliphatic heterocycles. The monoisotopic (exact) mass is 629 g/mol. The van der Waals surface area contributed by atoms with Crippen LogP contribution in [0.5, 0.6) is 5.88 Å². The maximum absolute atomic E-state index is 12.9. The topological polar surface area (TPSA) is 57.6 Å². The van der Waals surface area contributed by atoms with Crippen molar-refractivity contribution in [1.82, 2.24) is 9.88 Å². The van der Waals surface area contributed by atoms with Crippen molar-refractivity contribution in [3.05, 3.63) is 105 Å². The first-order chi connectivity index (χ1) is 20.6. The highest BCUT2D eigenvalue weighted by molar-refractivity contribution is 6.30. The fourth-order valence-electron chi connectivity index (χ4n) is 5.65. The average Bonchev–Trinajstić information content (AvgIpc) is 2.98. The molecular formula is C33H32Cl2F3N3O2. The van der Waals surface area contributed by atoms with Gasteiger partial charge in [0.05, 0.1) is 25.8 Å². The highest BCUT2D eigenvalue weighted by Crippen LogP contribution is 2.39. The number of aromatic nitrogens is 1. The molecule has 3 aromatic carbocycles. The Labute approximate surface area is 258 Å². The number of aliphatic hydroxyl groups is 1. The normalized spacial score (nSPS) is 15.1. The summed E-state index contributed by atoms with van der Waals surface area (Å²) in [5.41, 5.74) is 5.27. The number of pyridine rings is 1. The van der Waals surface area contributed by atoms with Gasteiger partial charge in [0.25, 0.3) is 0 Å². The van der Waals surface area contributed by atoms with Crippen molar-refractivity contribution in [1.29, 1.82) is 0 Å². The van der Waals surface area contributed by atoms with E-state index in [2.05, 4.69) is 11.4 Å². The lowest BCUT2D eigenvalue weighted by Gasteiger charge is -2.33. The molecule has 0 unspecified atom stereocenters. The summed E-state index contributed by atoms with van der Waals surface area (Å²) in [7, 11) is 1.54. The van der Waals surface area contributed by atoms with Crippen molar-refractivity contribution in [3.8, 4) is 5.88 Å². The molecule has 0 bridgehead atoms. The van der Waals surface area contributed by atoms with Crippen molar-refractivity contribution in [2.24, 2.45) is 0 Å². The molecule has 1 aliphatic rings. The summed E-state index contributed by atoms with van der Waals surface area (Å²) in [6.45, 7) is -0.341. The maximum Gasteiger partial charge on any atom is 0.401 e. The van der Waals surface area contributed by atoms with Crippen molar-refractivity contribution < 1.29 is 23.0 Å². The summed E-state index contributed by atoms with van der Waals surface area (Å²) in [5, 5.41) is 15.3. The molecule has 0 aliphatic carbocycles. The third kappa shape index (κ3) is 7.81.